The van der Waals surface area contributed by atoms with Gasteiger partial charge in [-0.15, -0.1) is 0 Å². The summed E-state index contributed by atoms with van der Waals surface area (Å²) < 4.78 is 4.96. The molecule has 0 saturated carbocycles. The molecule has 0 spiro atoms. The molecule has 1 aliphatic carbocycles. The van der Waals surface area contributed by atoms with Gasteiger partial charge >= 0.3 is 5.97 Å². The van der Waals surface area contributed by atoms with E-state index in [1.54, 1.807) is 0 Å². The lowest BCUT2D eigenvalue weighted by molar-refractivity contribution is -0.151. The third kappa shape index (κ3) is 3.29. The van der Waals surface area contributed by atoms with E-state index in [1.165, 1.54) is 18.2 Å². The molecule has 2 atom stereocenters. The molecule has 0 heterocycles. The van der Waals surface area contributed by atoms with Gasteiger partial charge in [0.1, 0.15) is 0 Å². The summed E-state index contributed by atoms with van der Waals surface area (Å²) >= 11 is 0. The summed E-state index contributed by atoms with van der Waals surface area (Å²) in [6.45, 7) is 6.11. The number of fused-ring (bicyclic) bond motifs is 1. The Kier molecular flexibility index (Phi) is 4.43. The predicted octanol–water partition coefficient (Wildman–Crippen LogP) is 3.13. The molecular weight excluding hydrogens is 264 g/mol. The first kappa shape index (κ1) is 16.0. The molecule has 1 aromatic rings. The highest BCUT2D eigenvalue weighted by Gasteiger charge is 2.44. The first-order chi connectivity index (χ1) is 9.77. The molecule has 3 nitrogen and oxygen atoms in total. The monoisotopic (exact) mass is 290 g/mol. The van der Waals surface area contributed by atoms with E-state index in [4.69, 9.17) is 4.74 Å². The molecule has 21 heavy (non-hydrogen) atoms. The minimum Gasteiger partial charge on any atom is -0.469 e. The van der Waals surface area contributed by atoms with E-state index in [9.17, 15) is 9.90 Å². The summed E-state index contributed by atoms with van der Waals surface area (Å²) in [7, 11) is 1.42. The highest BCUT2D eigenvalue weighted by atomic mass is 16.5. The maximum absolute atomic E-state index is 12.1. The Labute approximate surface area is 127 Å². The quantitative estimate of drug-likeness (QED) is 0.808. The van der Waals surface area contributed by atoms with Crippen LogP contribution in [0, 0.1) is 11.3 Å². The Bertz CT molecular complexity index is 515. The molecule has 0 bridgehead atoms. The number of rotatable bonds is 1. The van der Waals surface area contributed by atoms with Gasteiger partial charge in [0.05, 0.1) is 18.6 Å². The van der Waals surface area contributed by atoms with E-state index in [0.717, 1.165) is 6.42 Å². The second kappa shape index (κ2) is 5.80. The van der Waals surface area contributed by atoms with Crippen molar-refractivity contribution in [2.45, 2.75) is 52.1 Å². The minimum atomic E-state index is -0.862. The third-order valence-corrected chi connectivity index (χ3v) is 4.91. The number of aliphatic hydroxyl groups is 1. The maximum Gasteiger partial charge on any atom is 0.309 e. The zero-order valence-electron chi connectivity index (χ0n) is 13.5. The lowest BCUT2D eigenvalue weighted by Crippen LogP contribution is -2.47. The van der Waals surface area contributed by atoms with Crippen molar-refractivity contribution in [2.24, 2.45) is 11.3 Å². The number of hydrogen-bond donors (Lipinski definition) is 1. The Morgan fingerprint density at radius 3 is 2.48 bits per heavy atom. The van der Waals surface area contributed by atoms with Gasteiger partial charge in [0, 0.05) is 0 Å². The largest absolute Gasteiger partial charge is 0.469 e. The van der Waals surface area contributed by atoms with Gasteiger partial charge in [-0.1, -0.05) is 45.0 Å². The average Bonchev–Trinajstić information content (AvgIpc) is 2.41. The Hall–Kier alpha value is -1.35. The van der Waals surface area contributed by atoms with E-state index in [-0.39, 0.29) is 17.3 Å². The van der Waals surface area contributed by atoms with Gasteiger partial charge in [0.25, 0.3) is 0 Å². The summed E-state index contributed by atoms with van der Waals surface area (Å²) in [4.78, 5) is 12.1. The third-order valence-electron chi connectivity index (χ3n) is 4.91. The molecule has 0 amide bonds. The van der Waals surface area contributed by atoms with Gasteiger partial charge in [-0.25, -0.2) is 0 Å². The Morgan fingerprint density at radius 2 is 1.90 bits per heavy atom. The second-order valence-electron chi connectivity index (χ2n) is 7.18. The van der Waals surface area contributed by atoms with Crippen LogP contribution < -0.4 is 0 Å². The number of carbonyl (C=O) groups excluding carboxylic acids is 1. The van der Waals surface area contributed by atoms with Crippen molar-refractivity contribution in [1.82, 2.24) is 0 Å². The van der Waals surface area contributed by atoms with Crippen molar-refractivity contribution >= 4 is 5.97 Å². The molecule has 1 N–H and O–H groups in total. The number of esters is 1. The van der Waals surface area contributed by atoms with Crippen LogP contribution in [-0.2, 0) is 22.4 Å². The van der Waals surface area contributed by atoms with Gasteiger partial charge in [-0.2, -0.15) is 0 Å². The van der Waals surface area contributed by atoms with Gasteiger partial charge in [-0.3, -0.25) is 4.79 Å². The minimum absolute atomic E-state index is 0.227. The number of ether oxygens (including phenoxy) is 1. The van der Waals surface area contributed by atoms with Crippen LogP contribution in [0.1, 0.15) is 44.7 Å². The van der Waals surface area contributed by atoms with Crippen molar-refractivity contribution < 1.29 is 14.6 Å². The van der Waals surface area contributed by atoms with E-state index < -0.39 is 5.60 Å². The molecule has 2 rings (SSSR count). The molecule has 0 fully saturated rings. The molecule has 0 unspecified atom stereocenters. The number of carbonyl (C=O) groups is 1. The fourth-order valence-electron chi connectivity index (χ4n) is 3.20. The topological polar surface area (TPSA) is 46.5 Å². The molecular formula is C18H26O3. The number of benzene rings is 1. The van der Waals surface area contributed by atoms with E-state index >= 15 is 0 Å². The van der Waals surface area contributed by atoms with Crippen LogP contribution in [0.2, 0.25) is 0 Å². The van der Waals surface area contributed by atoms with Crippen LogP contribution in [0.25, 0.3) is 0 Å². The van der Waals surface area contributed by atoms with Crippen LogP contribution in [0.5, 0.6) is 0 Å². The second-order valence-corrected chi connectivity index (χ2v) is 7.18. The number of hydrogen-bond acceptors (Lipinski definition) is 3. The first-order valence-corrected chi connectivity index (χ1v) is 7.64. The van der Waals surface area contributed by atoms with Crippen molar-refractivity contribution in [3.05, 3.63) is 35.4 Å². The van der Waals surface area contributed by atoms with Crippen molar-refractivity contribution in [2.75, 3.05) is 7.11 Å². The maximum atomic E-state index is 12.1. The first-order valence-electron chi connectivity index (χ1n) is 7.64. The van der Waals surface area contributed by atoms with Gasteiger partial charge in [0.15, 0.2) is 0 Å². The predicted molar refractivity (Wildman–Crippen MR) is 83.0 cm³/mol. The lowest BCUT2D eigenvalue weighted by Gasteiger charge is -2.43. The molecule has 0 saturated heterocycles. The number of methoxy groups -OCH3 is 1. The molecule has 0 aromatic heterocycles. The Morgan fingerprint density at radius 1 is 1.29 bits per heavy atom. The molecule has 116 valence electrons. The van der Waals surface area contributed by atoms with Gasteiger partial charge in [-0.05, 0) is 42.2 Å². The SMILES string of the molecule is COC(=O)[C@@H]1Cc2ccccc2CC[C@](O)(C(C)(C)C)C1. The van der Waals surface area contributed by atoms with E-state index in [0.29, 0.717) is 19.3 Å². The average molecular weight is 290 g/mol. The fraction of sp³-hybridized carbons (Fsp3) is 0.611. The van der Waals surface area contributed by atoms with Crippen LogP contribution >= 0.6 is 0 Å². The lowest BCUT2D eigenvalue weighted by atomic mass is 9.67. The highest BCUT2D eigenvalue weighted by molar-refractivity contribution is 5.73. The van der Waals surface area contributed by atoms with E-state index in [2.05, 4.69) is 12.1 Å². The summed E-state index contributed by atoms with van der Waals surface area (Å²) in [5, 5.41) is 11.1. The van der Waals surface area contributed by atoms with E-state index in [1.807, 2.05) is 32.9 Å². The van der Waals surface area contributed by atoms with Crippen molar-refractivity contribution in [3.8, 4) is 0 Å². The van der Waals surface area contributed by atoms with Crippen molar-refractivity contribution in [3.63, 3.8) is 0 Å². The molecule has 0 aliphatic heterocycles. The van der Waals surface area contributed by atoms with Crippen LogP contribution in [-0.4, -0.2) is 23.8 Å². The molecule has 3 heteroatoms. The molecule has 1 aliphatic rings. The zero-order valence-corrected chi connectivity index (χ0v) is 13.5. The standard InChI is InChI=1S/C18H26O3/c1-17(2,3)18(20)10-9-13-7-5-6-8-14(13)11-15(12-18)16(19)21-4/h5-8,15,20H,9-12H2,1-4H3/t15-,18-/m1/s1. The van der Waals surface area contributed by atoms with Gasteiger partial charge < -0.3 is 9.84 Å². The summed E-state index contributed by atoms with van der Waals surface area (Å²) in [5.74, 6) is -0.518. The summed E-state index contributed by atoms with van der Waals surface area (Å²) in [6, 6.07) is 8.19. The summed E-state index contributed by atoms with van der Waals surface area (Å²) in [6.07, 6.45) is 2.61. The molecule has 1 aromatic carbocycles. The zero-order chi connectivity index (χ0) is 15.7. The van der Waals surface area contributed by atoms with Crippen LogP contribution in [0.3, 0.4) is 0 Å². The molecule has 0 radical (unpaired) electrons. The normalized spacial score (nSPS) is 26.4. The van der Waals surface area contributed by atoms with Crippen LogP contribution in [0.15, 0.2) is 24.3 Å². The smallest absolute Gasteiger partial charge is 0.309 e. The van der Waals surface area contributed by atoms with Crippen molar-refractivity contribution in [1.29, 1.82) is 0 Å². The fourth-order valence-corrected chi connectivity index (χ4v) is 3.20. The summed E-state index contributed by atoms with van der Waals surface area (Å²) in [5.41, 5.74) is 1.29. The van der Waals surface area contributed by atoms with Gasteiger partial charge in [0.2, 0.25) is 0 Å². The van der Waals surface area contributed by atoms with Crippen LogP contribution in [0.4, 0.5) is 0 Å². The Balaban J connectivity index is 2.40. The number of aryl methyl sites for hydroxylation is 1. The highest BCUT2D eigenvalue weighted by Crippen LogP contribution is 2.41.